The van der Waals surface area contributed by atoms with E-state index >= 15 is 0 Å². The third-order valence-corrected chi connectivity index (χ3v) is 5.76. The van der Waals surface area contributed by atoms with Gasteiger partial charge in [0.1, 0.15) is 0 Å². The van der Waals surface area contributed by atoms with Crippen LogP contribution in [0.15, 0.2) is 60.7 Å². The Kier molecular flexibility index (Phi) is 7.33. The highest BCUT2D eigenvalue weighted by atomic mass is 32.2. The highest BCUT2D eigenvalue weighted by molar-refractivity contribution is 7.98. The number of benzene rings is 2. The molecule has 1 aliphatic rings. The molecular formula is C22H28N2O2S. The van der Waals surface area contributed by atoms with Gasteiger partial charge in [-0.2, -0.15) is 11.8 Å². The molecule has 0 aliphatic carbocycles. The van der Waals surface area contributed by atoms with E-state index in [9.17, 15) is 9.90 Å². The summed E-state index contributed by atoms with van der Waals surface area (Å²) in [6.07, 6.45) is 2.84. The minimum atomic E-state index is -0.141. The number of rotatable bonds is 9. The summed E-state index contributed by atoms with van der Waals surface area (Å²) < 4.78 is 0. The molecule has 4 nitrogen and oxygen atoms in total. The van der Waals surface area contributed by atoms with E-state index in [1.165, 1.54) is 11.1 Å². The molecule has 1 heterocycles. The van der Waals surface area contributed by atoms with Gasteiger partial charge in [-0.1, -0.05) is 60.7 Å². The maximum atomic E-state index is 12.5. The van der Waals surface area contributed by atoms with Crippen LogP contribution in [-0.2, 0) is 4.79 Å². The van der Waals surface area contributed by atoms with Crippen LogP contribution >= 0.6 is 11.8 Å². The number of carbonyl (C=O) groups excluding carboxylic acids is 1. The maximum Gasteiger partial charge on any atom is 0.226 e. The Hall–Kier alpha value is -1.82. The molecule has 1 amide bonds. The summed E-state index contributed by atoms with van der Waals surface area (Å²) in [7, 11) is 0. The minimum absolute atomic E-state index is 0.000605. The summed E-state index contributed by atoms with van der Waals surface area (Å²) in [5, 5.41) is 12.5. The number of aliphatic hydroxyl groups excluding tert-OH is 1. The van der Waals surface area contributed by atoms with Gasteiger partial charge in [0.05, 0.1) is 24.6 Å². The SMILES string of the molecule is CSCC[C@@H](CO)NC(=O)C1CN(C(c2ccccc2)c2ccccc2)C1. The monoisotopic (exact) mass is 384 g/mol. The minimum Gasteiger partial charge on any atom is -0.394 e. The van der Waals surface area contributed by atoms with Gasteiger partial charge in [-0.25, -0.2) is 0 Å². The molecule has 1 atom stereocenters. The first-order chi connectivity index (χ1) is 13.2. The van der Waals surface area contributed by atoms with Crippen LogP contribution in [0.1, 0.15) is 23.6 Å². The van der Waals surface area contributed by atoms with Crippen molar-refractivity contribution in [3.63, 3.8) is 0 Å². The molecular weight excluding hydrogens is 356 g/mol. The van der Waals surface area contributed by atoms with E-state index in [0.29, 0.717) is 0 Å². The molecule has 0 bridgehead atoms. The maximum absolute atomic E-state index is 12.5. The lowest BCUT2D eigenvalue weighted by Gasteiger charge is -2.44. The third kappa shape index (κ3) is 5.12. The van der Waals surface area contributed by atoms with Crippen LogP contribution in [0.3, 0.4) is 0 Å². The first-order valence-corrected chi connectivity index (χ1v) is 10.9. The zero-order valence-electron chi connectivity index (χ0n) is 15.8. The van der Waals surface area contributed by atoms with E-state index in [-0.39, 0.29) is 30.5 Å². The Bertz CT molecular complexity index is 665. The summed E-state index contributed by atoms with van der Waals surface area (Å²) in [5.41, 5.74) is 2.49. The van der Waals surface area contributed by atoms with Gasteiger partial charge in [-0.15, -0.1) is 0 Å². The number of nitrogens with one attached hydrogen (secondary N) is 1. The topological polar surface area (TPSA) is 52.6 Å². The number of hydrogen-bond donors (Lipinski definition) is 2. The molecule has 5 heteroatoms. The van der Waals surface area contributed by atoms with Crippen LogP contribution in [-0.4, -0.2) is 53.7 Å². The average molecular weight is 385 g/mol. The second kappa shape index (κ2) is 9.93. The van der Waals surface area contributed by atoms with Gasteiger partial charge < -0.3 is 10.4 Å². The van der Waals surface area contributed by atoms with Gasteiger partial charge in [0.2, 0.25) is 5.91 Å². The van der Waals surface area contributed by atoms with Crippen molar-refractivity contribution in [3.05, 3.63) is 71.8 Å². The van der Waals surface area contributed by atoms with Gasteiger partial charge in [-0.3, -0.25) is 9.69 Å². The summed E-state index contributed by atoms with van der Waals surface area (Å²) in [6, 6.07) is 20.9. The number of aliphatic hydroxyl groups is 1. The first kappa shape index (κ1) is 19.9. The lowest BCUT2D eigenvalue weighted by molar-refractivity contribution is -0.132. The van der Waals surface area contributed by atoms with Crippen molar-refractivity contribution >= 4 is 17.7 Å². The number of likely N-dealkylation sites (tertiary alicyclic amines) is 1. The van der Waals surface area contributed by atoms with Crippen molar-refractivity contribution in [1.82, 2.24) is 10.2 Å². The Morgan fingerprint density at radius 2 is 1.67 bits per heavy atom. The van der Waals surface area contributed by atoms with Gasteiger partial charge in [0.15, 0.2) is 0 Å². The summed E-state index contributed by atoms with van der Waals surface area (Å²) >= 11 is 1.73. The normalized spacial score (nSPS) is 16.1. The molecule has 0 unspecified atom stereocenters. The molecule has 0 saturated carbocycles. The largest absolute Gasteiger partial charge is 0.394 e. The van der Waals surface area contributed by atoms with E-state index in [0.717, 1.165) is 25.3 Å². The Labute approximate surface area is 166 Å². The van der Waals surface area contributed by atoms with Gasteiger partial charge in [0, 0.05) is 13.1 Å². The second-order valence-electron chi connectivity index (χ2n) is 7.04. The molecule has 0 spiro atoms. The summed E-state index contributed by atoms with van der Waals surface area (Å²) in [5.74, 6) is 0.987. The Balaban J connectivity index is 1.64. The molecule has 27 heavy (non-hydrogen) atoms. The van der Waals surface area contributed by atoms with Crippen LogP contribution in [0.25, 0.3) is 0 Å². The lowest BCUT2D eigenvalue weighted by Crippen LogP contribution is -2.56. The van der Waals surface area contributed by atoms with Crippen LogP contribution in [0.2, 0.25) is 0 Å². The standard InChI is InChI=1S/C22H28N2O2S/c1-27-13-12-20(16-25)23-22(26)19-14-24(15-19)21(17-8-4-2-5-9-17)18-10-6-3-7-11-18/h2-11,19-21,25H,12-16H2,1H3,(H,23,26)/t20-/m0/s1. The molecule has 2 aromatic carbocycles. The predicted octanol–water partition coefficient (Wildman–Crippen LogP) is 2.94. The van der Waals surface area contributed by atoms with Gasteiger partial charge >= 0.3 is 0 Å². The van der Waals surface area contributed by atoms with Gasteiger partial charge in [0.25, 0.3) is 0 Å². The highest BCUT2D eigenvalue weighted by Crippen LogP contribution is 2.34. The van der Waals surface area contributed by atoms with E-state index in [4.69, 9.17) is 0 Å². The number of carbonyl (C=O) groups is 1. The fraction of sp³-hybridized carbons (Fsp3) is 0.409. The molecule has 0 radical (unpaired) electrons. The number of thioether (sulfide) groups is 1. The third-order valence-electron chi connectivity index (χ3n) is 5.11. The predicted molar refractivity (Wildman–Crippen MR) is 112 cm³/mol. The van der Waals surface area contributed by atoms with Crippen molar-refractivity contribution in [3.8, 4) is 0 Å². The first-order valence-electron chi connectivity index (χ1n) is 9.47. The molecule has 1 fully saturated rings. The second-order valence-corrected chi connectivity index (χ2v) is 8.03. The van der Waals surface area contributed by atoms with E-state index in [1.54, 1.807) is 11.8 Å². The van der Waals surface area contributed by atoms with Gasteiger partial charge in [-0.05, 0) is 29.6 Å². The molecule has 144 valence electrons. The van der Waals surface area contributed by atoms with E-state index < -0.39 is 0 Å². The molecule has 3 rings (SSSR count). The molecule has 1 aliphatic heterocycles. The van der Waals surface area contributed by atoms with E-state index in [1.807, 2.05) is 18.4 Å². The quantitative estimate of drug-likeness (QED) is 0.698. The van der Waals surface area contributed by atoms with Crippen LogP contribution < -0.4 is 5.32 Å². The van der Waals surface area contributed by atoms with Crippen LogP contribution in [0.4, 0.5) is 0 Å². The molecule has 2 aromatic rings. The molecule has 2 N–H and O–H groups in total. The van der Waals surface area contributed by atoms with Crippen molar-refractivity contribution in [2.24, 2.45) is 5.92 Å². The molecule has 0 aromatic heterocycles. The number of amides is 1. The van der Waals surface area contributed by atoms with Crippen LogP contribution in [0.5, 0.6) is 0 Å². The highest BCUT2D eigenvalue weighted by Gasteiger charge is 2.38. The van der Waals surface area contributed by atoms with Crippen molar-refractivity contribution < 1.29 is 9.90 Å². The smallest absolute Gasteiger partial charge is 0.226 e. The average Bonchev–Trinajstić information content (AvgIpc) is 2.68. The summed E-state index contributed by atoms with van der Waals surface area (Å²) in [6.45, 7) is 1.47. The fourth-order valence-electron chi connectivity index (χ4n) is 3.56. The summed E-state index contributed by atoms with van der Waals surface area (Å²) in [4.78, 5) is 14.9. The number of hydrogen-bond acceptors (Lipinski definition) is 4. The van der Waals surface area contributed by atoms with Crippen LogP contribution in [0, 0.1) is 5.92 Å². The number of nitrogens with zero attached hydrogens (tertiary/aromatic N) is 1. The Morgan fingerprint density at radius 1 is 1.11 bits per heavy atom. The lowest BCUT2D eigenvalue weighted by atomic mass is 9.89. The Morgan fingerprint density at radius 3 is 2.15 bits per heavy atom. The zero-order valence-corrected chi connectivity index (χ0v) is 16.6. The van der Waals surface area contributed by atoms with Crippen molar-refractivity contribution in [1.29, 1.82) is 0 Å². The van der Waals surface area contributed by atoms with Crippen molar-refractivity contribution in [2.75, 3.05) is 31.7 Å². The van der Waals surface area contributed by atoms with Crippen molar-refractivity contribution in [2.45, 2.75) is 18.5 Å². The van der Waals surface area contributed by atoms with E-state index in [2.05, 4.69) is 58.7 Å². The molecule has 1 saturated heterocycles. The zero-order chi connectivity index (χ0) is 19.1. The fourth-order valence-corrected chi connectivity index (χ4v) is 4.08.